The average Bonchev–Trinajstić information content (AvgIpc) is 3.19. The van der Waals surface area contributed by atoms with E-state index in [2.05, 4.69) is 10.3 Å². The first kappa shape index (κ1) is 25.3. The third-order valence-corrected chi connectivity index (χ3v) is 7.30. The maximum absolute atomic E-state index is 13.2. The molecule has 1 aliphatic heterocycles. The summed E-state index contributed by atoms with van der Waals surface area (Å²) in [6.07, 6.45) is 2.62. The van der Waals surface area contributed by atoms with Gasteiger partial charge in [-0.15, -0.1) is 11.3 Å². The number of benzene rings is 1. The largest absolute Gasteiger partial charge is 0.379 e. The SMILES string of the molecule is Cc1nc(-c2ccc(F)cc2)sc1C(=O)N1CCC([C@@H](C)C(=O)NCCCOC(C)C)CC1. The summed E-state index contributed by atoms with van der Waals surface area (Å²) < 4.78 is 18.7. The van der Waals surface area contributed by atoms with Crippen LogP contribution >= 0.6 is 11.3 Å². The van der Waals surface area contributed by atoms with E-state index in [0.29, 0.717) is 36.8 Å². The number of nitrogens with one attached hydrogen (secondary N) is 1. The van der Waals surface area contributed by atoms with E-state index in [1.165, 1.54) is 23.5 Å². The molecule has 3 rings (SSSR count). The Morgan fingerprint density at radius 2 is 1.88 bits per heavy atom. The summed E-state index contributed by atoms with van der Waals surface area (Å²) in [5.41, 5.74) is 1.50. The molecular weight excluding hydrogens is 441 g/mol. The van der Waals surface area contributed by atoms with Crippen molar-refractivity contribution in [3.63, 3.8) is 0 Å². The van der Waals surface area contributed by atoms with Crippen molar-refractivity contribution >= 4 is 23.2 Å². The van der Waals surface area contributed by atoms with Gasteiger partial charge >= 0.3 is 0 Å². The van der Waals surface area contributed by atoms with E-state index < -0.39 is 0 Å². The van der Waals surface area contributed by atoms with Crippen molar-refractivity contribution in [2.75, 3.05) is 26.2 Å². The van der Waals surface area contributed by atoms with Crippen LogP contribution in [-0.4, -0.2) is 54.0 Å². The highest BCUT2D eigenvalue weighted by atomic mass is 32.1. The zero-order chi connectivity index (χ0) is 24.0. The molecule has 1 fully saturated rings. The summed E-state index contributed by atoms with van der Waals surface area (Å²) in [6.45, 7) is 10.3. The van der Waals surface area contributed by atoms with Gasteiger partial charge in [0.05, 0.1) is 11.8 Å². The van der Waals surface area contributed by atoms with Crippen LogP contribution < -0.4 is 5.32 Å². The number of ether oxygens (including phenoxy) is 1. The number of carbonyl (C=O) groups is 2. The lowest BCUT2D eigenvalue weighted by molar-refractivity contribution is -0.126. The number of aromatic nitrogens is 1. The van der Waals surface area contributed by atoms with Crippen molar-refractivity contribution < 1.29 is 18.7 Å². The van der Waals surface area contributed by atoms with Crippen LogP contribution in [0.25, 0.3) is 10.6 Å². The average molecular weight is 476 g/mol. The highest BCUT2D eigenvalue weighted by Crippen LogP contribution is 2.31. The number of rotatable bonds is 9. The first-order valence-corrected chi connectivity index (χ1v) is 12.5. The summed E-state index contributed by atoms with van der Waals surface area (Å²) >= 11 is 1.35. The fourth-order valence-electron chi connectivity index (χ4n) is 4.03. The minimum Gasteiger partial charge on any atom is -0.379 e. The van der Waals surface area contributed by atoms with Crippen molar-refractivity contribution in [3.05, 3.63) is 40.7 Å². The molecule has 1 N–H and O–H groups in total. The number of hydrogen-bond acceptors (Lipinski definition) is 5. The van der Waals surface area contributed by atoms with E-state index in [4.69, 9.17) is 4.74 Å². The Labute approximate surface area is 199 Å². The highest BCUT2D eigenvalue weighted by molar-refractivity contribution is 7.17. The summed E-state index contributed by atoms with van der Waals surface area (Å²) in [7, 11) is 0. The van der Waals surface area contributed by atoms with E-state index >= 15 is 0 Å². The summed E-state index contributed by atoms with van der Waals surface area (Å²) in [5.74, 6) is -0.0540. The van der Waals surface area contributed by atoms with Gasteiger partial charge < -0.3 is 15.0 Å². The maximum Gasteiger partial charge on any atom is 0.265 e. The fourth-order valence-corrected chi connectivity index (χ4v) is 5.07. The first-order chi connectivity index (χ1) is 15.8. The van der Waals surface area contributed by atoms with Crippen LogP contribution in [0.1, 0.15) is 55.4 Å². The van der Waals surface area contributed by atoms with Gasteiger partial charge in [-0.05, 0) is 70.2 Å². The molecule has 8 heteroatoms. The Hall–Kier alpha value is -2.32. The zero-order valence-corrected chi connectivity index (χ0v) is 20.7. The van der Waals surface area contributed by atoms with E-state index in [9.17, 15) is 14.0 Å². The number of thiazole rings is 1. The summed E-state index contributed by atoms with van der Waals surface area (Å²) in [6, 6.07) is 6.15. The molecule has 1 aromatic carbocycles. The van der Waals surface area contributed by atoms with Crippen LogP contribution in [0.4, 0.5) is 4.39 Å². The molecule has 0 saturated carbocycles. The third-order valence-electron chi connectivity index (χ3n) is 6.10. The van der Waals surface area contributed by atoms with Gasteiger partial charge in [0.2, 0.25) is 5.91 Å². The van der Waals surface area contributed by atoms with E-state index in [-0.39, 0.29) is 35.6 Å². The molecule has 6 nitrogen and oxygen atoms in total. The molecule has 2 amide bonds. The Bertz CT molecular complexity index is 937. The molecule has 2 heterocycles. The van der Waals surface area contributed by atoms with Crippen LogP contribution in [0.3, 0.4) is 0 Å². The number of nitrogens with zero attached hydrogens (tertiary/aromatic N) is 2. The van der Waals surface area contributed by atoms with Crippen LogP contribution in [0.2, 0.25) is 0 Å². The molecule has 180 valence electrons. The molecular formula is C25H34FN3O3S. The topological polar surface area (TPSA) is 71.5 Å². The number of carbonyl (C=O) groups excluding carboxylic acids is 2. The second kappa shape index (κ2) is 11.7. The Kier molecular flexibility index (Phi) is 8.97. The smallest absolute Gasteiger partial charge is 0.265 e. The predicted molar refractivity (Wildman–Crippen MR) is 129 cm³/mol. The lowest BCUT2D eigenvalue weighted by Gasteiger charge is -2.34. The lowest BCUT2D eigenvalue weighted by atomic mass is 9.84. The van der Waals surface area contributed by atoms with Gasteiger partial charge in [0.1, 0.15) is 15.7 Å². The number of halogens is 1. The van der Waals surface area contributed by atoms with Gasteiger partial charge in [-0.25, -0.2) is 9.37 Å². The van der Waals surface area contributed by atoms with Crippen molar-refractivity contribution in [2.24, 2.45) is 11.8 Å². The summed E-state index contributed by atoms with van der Waals surface area (Å²) in [5, 5.41) is 3.73. The number of likely N-dealkylation sites (tertiary alicyclic amines) is 1. The molecule has 0 spiro atoms. The lowest BCUT2D eigenvalue weighted by Crippen LogP contribution is -2.42. The highest BCUT2D eigenvalue weighted by Gasteiger charge is 2.31. The monoisotopic (exact) mass is 475 g/mol. The van der Waals surface area contributed by atoms with E-state index in [1.54, 1.807) is 12.1 Å². The van der Waals surface area contributed by atoms with Gasteiger partial charge in [-0.2, -0.15) is 0 Å². The fraction of sp³-hybridized carbons (Fsp3) is 0.560. The predicted octanol–water partition coefficient (Wildman–Crippen LogP) is 4.68. The summed E-state index contributed by atoms with van der Waals surface area (Å²) in [4.78, 5) is 32.7. The molecule has 2 aromatic rings. The molecule has 1 saturated heterocycles. The van der Waals surface area contributed by atoms with Gasteiger partial charge in [-0.3, -0.25) is 9.59 Å². The van der Waals surface area contributed by atoms with E-state index in [1.807, 2.05) is 32.6 Å². The molecule has 33 heavy (non-hydrogen) atoms. The zero-order valence-electron chi connectivity index (χ0n) is 19.9. The molecule has 1 aromatic heterocycles. The minimum absolute atomic E-state index is 0.0148. The first-order valence-electron chi connectivity index (χ1n) is 11.7. The van der Waals surface area contributed by atoms with Crippen LogP contribution in [0.15, 0.2) is 24.3 Å². The third kappa shape index (κ3) is 6.84. The Morgan fingerprint density at radius 3 is 2.52 bits per heavy atom. The van der Waals surface area contributed by atoms with Gasteiger partial charge in [0.15, 0.2) is 0 Å². The van der Waals surface area contributed by atoms with Crippen molar-refractivity contribution in [3.8, 4) is 10.6 Å². The van der Waals surface area contributed by atoms with E-state index in [0.717, 1.165) is 29.8 Å². The molecule has 1 atom stereocenters. The number of amides is 2. The normalized spacial score (nSPS) is 15.6. The van der Waals surface area contributed by atoms with Crippen LogP contribution in [0.5, 0.6) is 0 Å². The molecule has 0 unspecified atom stereocenters. The Morgan fingerprint density at radius 1 is 1.21 bits per heavy atom. The number of piperidine rings is 1. The van der Waals surface area contributed by atoms with Crippen LogP contribution in [0, 0.1) is 24.6 Å². The van der Waals surface area contributed by atoms with Crippen LogP contribution in [-0.2, 0) is 9.53 Å². The second-order valence-electron chi connectivity index (χ2n) is 8.92. The van der Waals surface area contributed by atoms with Crippen molar-refractivity contribution in [1.29, 1.82) is 0 Å². The quantitative estimate of drug-likeness (QED) is 0.535. The van der Waals surface area contributed by atoms with Crippen molar-refractivity contribution in [2.45, 2.75) is 53.1 Å². The molecule has 1 aliphatic rings. The molecule has 0 bridgehead atoms. The standard InChI is InChI=1S/C25H34FN3O3S/c1-16(2)32-15-5-12-27-23(30)17(3)19-10-13-29(14-11-19)25(31)22-18(4)28-24(33-22)20-6-8-21(26)9-7-20/h6-9,16-17,19H,5,10-15H2,1-4H3,(H,27,30)/t17-/m1/s1. The Balaban J connectivity index is 1.50. The minimum atomic E-state index is -0.297. The van der Waals surface area contributed by atoms with Crippen molar-refractivity contribution in [1.82, 2.24) is 15.2 Å². The second-order valence-corrected chi connectivity index (χ2v) is 9.92. The number of aryl methyl sites for hydroxylation is 1. The molecule has 0 aliphatic carbocycles. The molecule has 0 radical (unpaired) electrons. The van der Waals surface area contributed by atoms with Gasteiger partial charge in [0, 0.05) is 37.7 Å². The number of hydrogen-bond donors (Lipinski definition) is 1. The maximum atomic E-state index is 13.2. The van der Waals surface area contributed by atoms with Gasteiger partial charge in [0.25, 0.3) is 5.91 Å². The van der Waals surface area contributed by atoms with Gasteiger partial charge in [-0.1, -0.05) is 6.92 Å².